The molecule has 2 heterocycles. The molecule has 1 aliphatic carbocycles. The van der Waals surface area contributed by atoms with Crippen molar-refractivity contribution in [2.75, 3.05) is 46.4 Å². The lowest BCUT2D eigenvalue weighted by Crippen LogP contribution is -2.56. The number of amides is 1. The summed E-state index contributed by atoms with van der Waals surface area (Å²) in [6.45, 7) is 5.61. The highest BCUT2D eigenvalue weighted by Gasteiger charge is 2.35. The highest BCUT2D eigenvalue weighted by Crippen LogP contribution is 2.23. The van der Waals surface area contributed by atoms with Gasteiger partial charge in [-0.05, 0) is 49.6 Å². The Morgan fingerprint density at radius 1 is 1.12 bits per heavy atom. The second-order valence-corrected chi connectivity index (χ2v) is 7.36. The lowest BCUT2D eigenvalue weighted by molar-refractivity contribution is 0.0829. The second kappa shape index (κ2) is 6.82. The lowest BCUT2D eigenvalue weighted by Gasteiger charge is -2.38. The molecule has 5 heteroatoms. The van der Waals surface area contributed by atoms with Crippen molar-refractivity contribution < 1.29 is 9.53 Å². The Kier molecular flexibility index (Phi) is 4.57. The monoisotopic (exact) mass is 329 g/mol. The predicted molar refractivity (Wildman–Crippen MR) is 93.4 cm³/mol. The standard InChI is InChI=1S/C19H27N3O2/c1-21-7-9-22(10-8-21)18-13-24-12-17(18)20-19(23)16-6-5-14-3-2-4-15(14)11-16/h5-6,11,17-18H,2-4,7-10,12-13H2,1H3,(H,20,23)/t17-,18-/m0/s1. The van der Waals surface area contributed by atoms with Gasteiger partial charge in [0.2, 0.25) is 0 Å². The first-order valence-electron chi connectivity index (χ1n) is 9.14. The minimum absolute atomic E-state index is 0.0410. The maximum absolute atomic E-state index is 12.7. The van der Waals surface area contributed by atoms with Crippen LogP contribution in [0.5, 0.6) is 0 Å². The van der Waals surface area contributed by atoms with Gasteiger partial charge in [-0.15, -0.1) is 0 Å². The molecule has 4 rings (SSSR count). The number of benzene rings is 1. The van der Waals surface area contributed by atoms with Crippen molar-refractivity contribution in [2.45, 2.75) is 31.3 Å². The molecule has 2 saturated heterocycles. The molecule has 1 aromatic carbocycles. The van der Waals surface area contributed by atoms with Crippen LogP contribution in [0.4, 0.5) is 0 Å². The quantitative estimate of drug-likeness (QED) is 0.896. The largest absolute Gasteiger partial charge is 0.378 e. The van der Waals surface area contributed by atoms with Crippen LogP contribution in [0.15, 0.2) is 18.2 Å². The van der Waals surface area contributed by atoms with E-state index in [1.165, 1.54) is 17.5 Å². The maximum Gasteiger partial charge on any atom is 0.251 e. The summed E-state index contributed by atoms with van der Waals surface area (Å²) in [5.41, 5.74) is 3.55. The summed E-state index contributed by atoms with van der Waals surface area (Å²) in [4.78, 5) is 17.5. The molecular formula is C19H27N3O2. The Bertz CT molecular complexity index is 611. The van der Waals surface area contributed by atoms with E-state index < -0.39 is 0 Å². The third kappa shape index (κ3) is 3.21. The predicted octanol–water partition coefficient (Wildman–Crippen LogP) is 0.920. The van der Waals surface area contributed by atoms with Gasteiger partial charge in [-0.25, -0.2) is 0 Å². The minimum Gasteiger partial charge on any atom is -0.378 e. The Balaban J connectivity index is 1.41. The molecule has 2 aliphatic heterocycles. The van der Waals surface area contributed by atoms with Crippen LogP contribution in [0.3, 0.4) is 0 Å². The van der Waals surface area contributed by atoms with Gasteiger partial charge in [0, 0.05) is 31.7 Å². The summed E-state index contributed by atoms with van der Waals surface area (Å²) in [6.07, 6.45) is 3.47. The third-order valence-corrected chi connectivity index (χ3v) is 5.73. The van der Waals surface area contributed by atoms with Crippen LogP contribution < -0.4 is 5.32 Å². The smallest absolute Gasteiger partial charge is 0.251 e. The molecule has 0 spiro atoms. The van der Waals surface area contributed by atoms with E-state index in [1.54, 1.807) is 0 Å². The fraction of sp³-hybridized carbons (Fsp3) is 0.632. The Morgan fingerprint density at radius 2 is 1.92 bits per heavy atom. The summed E-state index contributed by atoms with van der Waals surface area (Å²) in [5.74, 6) is 0.0410. The average molecular weight is 329 g/mol. The molecule has 0 unspecified atom stereocenters. The number of likely N-dealkylation sites (N-methyl/N-ethyl adjacent to an activating group) is 1. The molecule has 1 amide bonds. The highest BCUT2D eigenvalue weighted by atomic mass is 16.5. The number of piperazine rings is 1. The SMILES string of the molecule is CN1CCN([C@H]2COC[C@@H]2NC(=O)c2ccc3c(c2)CCC3)CC1. The summed E-state index contributed by atoms with van der Waals surface area (Å²) < 4.78 is 5.69. The van der Waals surface area contributed by atoms with Crippen LogP contribution >= 0.6 is 0 Å². The minimum atomic E-state index is 0.0410. The zero-order valence-corrected chi connectivity index (χ0v) is 14.5. The number of aryl methyl sites for hydroxylation is 2. The number of carbonyl (C=O) groups is 1. The van der Waals surface area contributed by atoms with Crippen molar-refractivity contribution in [3.05, 3.63) is 34.9 Å². The van der Waals surface area contributed by atoms with Crippen LogP contribution in [0.2, 0.25) is 0 Å². The van der Waals surface area contributed by atoms with Gasteiger partial charge in [-0.3, -0.25) is 9.69 Å². The molecule has 5 nitrogen and oxygen atoms in total. The number of nitrogens with one attached hydrogen (secondary N) is 1. The molecule has 2 atom stereocenters. The first-order chi connectivity index (χ1) is 11.7. The van der Waals surface area contributed by atoms with Crippen LogP contribution in [-0.2, 0) is 17.6 Å². The van der Waals surface area contributed by atoms with Gasteiger partial charge in [0.1, 0.15) is 0 Å². The first-order valence-corrected chi connectivity index (χ1v) is 9.14. The number of carbonyl (C=O) groups excluding carboxylic acids is 1. The Hall–Kier alpha value is -1.43. The summed E-state index contributed by atoms with van der Waals surface area (Å²) in [5, 5.41) is 3.23. The summed E-state index contributed by atoms with van der Waals surface area (Å²) in [6, 6.07) is 6.57. The number of rotatable bonds is 3. The van der Waals surface area contributed by atoms with E-state index in [9.17, 15) is 4.79 Å². The van der Waals surface area contributed by atoms with Gasteiger partial charge >= 0.3 is 0 Å². The molecule has 24 heavy (non-hydrogen) atoms. The second-order valence-electron chi connectivity index (χ2n) is 7.36. The average Bonchev–Trinajstić information content (AvgIpc) is 3.24. The van der Waals surface area contributed by atoms with Gasteiger partial charge in [0.25, 0.3) is 5.91 Å². The fourth-order valence-corrected chi connectivity index (χ4v) is 4.16. The number of fused-ring (bicyclic) bond motifs is 1. The molecule has 3 aliphatic rings. The van der Waals surface area contributed by atoms with Gasteiger partial charge in [0.15, 0.2) is 0 Å². The molecule has 130 valence electrons. The molecule has 0 bridgehead atoms. The van der Waals surface area contributed by atoms with E-state index in [2.05, 4.69) is 34.3 Å². The van der Waals surface area contributed by atoms with E-state index >= 15 is 0 Å². The van der Waals surface area contributed by atoms with Crippen molar-refractivity contribution in [3.8, 4) is 0 Å². The molecule has 0 radical (unpaired) electrons. The third-order valence-electron chi connectivity index (χ3n) is 5.73. The number of hydrogen-bond acceptors (Lipinski definition) is 4. The number of ether oxygens (including phenoxy) is 1. The molecule has 0 saturated carbocycles. The van der Waals surface area contributed by atoms with Gasteiger partial charge in [0.05, 0.1) is 25.3 Å². The number of nitrogens with zero attached hydrogens (tertiary/aromatic N) is 2. The fourth-order valence-electron chi connectivity index (χ4n) is 4.16. The van der Waals surface area contributed by atoms with Crippen molar-refractivity contribution in [1.82, 2.24) is 15.1 Å². The molecule has 0 aromatic heterocycles. The van der Waals surface area contributed by atoms with E-state index in [1.807, 2.05) is 6.07 Å². The van der Waals surface area contributed by atoms with Crippen LogP contribution in [0.25, 0.3) is 0 Å². The zero-order chi connectivity index (χ0) is 16.5. The molecule has 2 fully saturated rings. The van der Waals surface area contributed by atoms with E-state index in [0.717, 1.165) is 51.2 Å². The summed E-state index contributed by atoms with van der Waals surface area (Å²) in [7, 11) is 2.16. The highest BCUT2D eigenvalue weighted by molar-refractivity contribution is 5.94. The van der Waals surface area contributed by atoms with Gasteiger partial charge in [-0.1, -0.05) is 6.07 Å². The van der Waals surface area contributed by atoms with Crippen molar-refractivity contribution in [3.63, 3.8) is 0 Å². The van der Waals surface area contributed by atoms with E-state index in [0.29, 0.717) is 12.6 Å². The Labute approximate surface area is 144 Å². The van der Waals surface area contributed by atoms with Crippen LogP contribution in [-0.4, -0.2) is 74.2 Å². The van der Waals surface area contributed by atoms with Crippen molar-refractivity contribution in [1.29, 1.82) is 0 Å². The van der Waals surface area contributed by atoms with Crippen molar-refractivity contribution >= 4 is 5.91 Å². The van der Waals surface area contributed by atoms with Crippen LogP contribution in [0.1, 0.15) is 27.9 Å². The molecular weight excluding hydrogens is 302 g/mol. The normalized spacial score (nSPS) is 28.0. The van der Waals surface area contributed by atoms with Gasteiger partial charge in [-0.2, -0.15) is 0 Å². The van der Waals surface area contributed by atoms with E-state index in [-0.39, 0.29) is 11.9 Å². The zero-order valence-electron chi connectivity index (χ0n) is 14.5. The van der Waals surface area contributed by atoms with Crippen molar-refractivity contribution in [2.24, 2.45) is 0 Å². The van der Waals surface area contributed by atoms with Gasteiger partial charge < -0.3 is 15.0 Å². The summed E-state index contributed by atoms with van der Waals surface area (Å²) >= 11 is 0. The molecule has 1 aromatic rings. The molecule has 1 N–H and O–H groups in total. The van der Waals surface area contributed by atoms with Crippen LogP contribution in [0, 0.1) is 0 Å². The lowest BCUT2D eigenvalue weighted by atomic mass is 10.0. The Morgan fingerprint density at radius 3 is 2.75 bits per heavy atom. The maximum atomic E-state index is 12.7. The topological polar surface area (TPSA) is 44.8 Å². The van der Waals surface area contributed by atoms with E-state index in [4.69, 9.17) is 4.74 Å². The first kappa shape index (κ1) is 16.1. The number of hydrogen-bond donors (Lipinski definition) is 1.